The quantitative estimate of drug-likeness (QED) is 0.482. The minimum absolute atomic E-state index is 0.0383. The zero-order valence-corrected chi connectivity index (χ0v) is 13.9. The van der Waals surface area contributed by atoms with Gasteiger partial charge in [0.25, 0.3) is 16.8 Å². The number of hydrogen-bond donors (Lipinski definition) is 1. The first-order valence-electron chi connectivity index (χ1n) is 7.23. The summed E-state index contributed by atoms with van der Waals surface area (Å²) in [5.41, 5.74) is 5.60. The molecule has 2 heterocycles. The van der Waals surface area contributed by atoms with Gasteiger partial charge in [-0.2, -0.15) is 0 Å². The van der Waals surface area contributed by atoms with Gasteiger partial charge in [0, 0.05) is 23.8 Å². The summed E-state index contributed by atoms with van der Waals surface area (Å²) >= 11 is 0.685. The van der Waals surface area contributed by atoms with E-state index >= 15 is 0 Å². The summed E-state index contributed by atoms with van der Waals surface area (Å²) in [6.45, 7) is -0.478. The molecule has 26 heavy (non-hydrogen) atoms. The van der Waals surface area contributed by atoms with Crippen molar-refractivity contribution in [3.8, 4) is 11.3 Å². The first-order chi connectivity index (χ1) is 12.3. The molecule has 0 unspecified atom stereocenters. The van der Waals surface area contributed by atoms with Gasteiger partial charge in [0.1, 0.15) is 18.1 Å². The van der Waals surface area contributed by atoms with Gasteiger partial charge in [-0.05, 0) is 36.0 Å². The number of imide groups is 1. The third kappa shape index (κ3) is 3.49. The van der Waals surface area contributed by atoms with Crippen molar-refractivity contribution in [2.24, 2.45) is 5.73 Å². The highest BCUT2D eigenvalue weighted by molar-refractivity contribution is 8.18. The minimum Gasteiger partial charge on any atom is -0.457 e. The van der Waals surface area contributed by atoms with Gasteiger partial charge in [0.2, 0.25) is 5.91 Å². The Morgan fingerprint density at radius 1 is 1.23 bits per heavy atom. The van der Waals surface area contributed by atoms with Crippen molar-refractivity contribution in [1.82, 2.24) is 4.90 Å². The predicted molar refractivity (Wildman–Crippen MR) is 92.7 cm³/mol. The van der Waals surface area contributed by atoms with E-state index in [9.17, 15) is 24.5 Å². The fraction of sp³-hybridized carbons (Fsp3) is 0.0625. The van der Waals surface area contributed by atoms with Crippen LogP contribution in [0.25, 0.3) is 17.4 Å². The van der Waals surface area contributed by atoms with Gasteiger partial charge >= 0.3 is 0 Å². The molecule has 2 aromatic rings. The van der Waals surface area contributed by atoms with Crippen molar-refractivity contribution in [3.63, 3.8) is 0 Å². The molecule has 2 N–H and O–H groups in total. The van der Waals surface area contributed by atoms with Gasteiger partial charge < -0.3 is 10.2 Å². The molecule has 0 bridgehead atoms. The van der Waals surface area contributed by atoms with E-state index in [4.69, 9.17) is 10.2 Å². The summed E-state index contributed by atoms with van der Waals surface area (Å²) in [5.74, 6) is -0.635. The Morgan fingerprint density at radius 3 is 2.54 bits per heavy atom. The number of rotatable bonds is 5. The number of benzene rings is 1. The number of thioether (sulfide) groups is 1. The van der Waals surface area contributed by atoms with E-state index in [-0.39, 0.29) is 10.6 Å². The van der Waals surface area contributed by atoms with E-state index in [1.807, 2.05) is 0 Å². The number of nitro benzene ring substituents is 1. The highest BCUT2D eigenvalue weighted by Crippen LogP contribution is 2.33. The van der Waals surface area contributed by atoms with E-state index in [1.165, 1.54) is 18.2 Å². The summed E-state index contributed by atoms with van der Waals surface area (Å²) in [5, 5.41) is 10.1. The highest BCUT2D eigenvalue weighted by Gasteiger charge is 2.36. The van der Waals surface area contributed by atoms with Gasteiger partial charge in [-0.25, -0.2) is 0 Å². The summed E-state index contributed by atoms with van der Waals surface area (Å²) in [6.07, 6.45) is 1.39. The molecule has 1 aromatic carbocycles. The lowest BCUT2D eigenvalue weighted by atomic mass is 10.1. The fourth-order valence-corrected chi connectivity index (χ4v) is 3.07. The molecule has 10 heteroatoms. The Kier molecular flexibility index (Phi) is 4.59. The number of carbonyl (C=O) groups excluding carboxylic acids is 3. The lowest BCUT2D eigenvalue weighted by Crippen LogP contribution is -2.36. The molecular weight excluding hydrogens is 362 g/mol. The van der Waals surface area contributed by atoms with Crippen LogP contribution in [0.2, 0.25) is 0 Å². The summed E-state index contributed by atoms with van der Waals surface area (Å²) in [7, 11) is 0. The maximum absolute atomic E-state index is 12.1. The molecule has 0 atom stereocenters. The molecule has 0 radical (unpaired) electrons. The summed E-state index contributed by atoms with van der Waals surface area (Å²) in [6, 6.07) is 9.03. The van der Waals surface area contributed by atoms with Crippen molar-refractivity contribution < 1.29 is 23.7 Å². The second-order valence-electron chi connectivity index (χ2n) is 5.24. The molecule has 3 amide bonds. The van der Waals surface area contributed by atoms with Crippen LogP contribution in [-0.2, 0) is 9.59 Å². The molecule has 132 valence electrons. The standard InChI is InChI=1S/C16H11N3O6S/c17-14(20)8-18-15(21)13(26-16(18)22)7-11-5-6-12(25-11)9-1-3-10(4-2-9)19(23)24/h1-7H,8H2,(H2,17,20)/b13-7-. The Bertz CT molecular complexity index is 947. The fourth-order valence-electron chi connectivity index (χ4n) is 2.25. The molecule has 1 saturated heterocycles. The van der Waals surface area contributed by atoms with Crippen molar-refractivity contribution in [2.45, 2.75) is 0 Å². The maximum atomic E-state index is 12.1. The van der Waals surface area contributed by atoms with E-state index in [1.54, 1.807) is 24.3 Å². The molecular formula is C16H11N3O6S. The van der Waals surface area contributed by atoms with Crippen LogP contribution in [0.5, 0.6) is 0 Å². The van der Waals surface area contributed by atoms with Crippen LogP contribution < -0.4 is 5.73 Å². The van der Waals surface area contributed by atoms with Gasteiger partial charge in [-0.1, -0.05) is 0 Å². The van der Waals surface area contributed by atoms with E-state index in [2.05, 4.69) is 0 Å². The zero-order valence-electron chi connectivity index (χ0n) is 13.1. The summed E-state index contributed by atoms with van der Waals surface area (Å²) < 4.78 is 5.60. The van der Waals surface area contributed by atoms with Crippen LogP contribution in [-0.4, -0.2) is 33.4 Å². The molecule has 9 nitrogen and oxygen atoms in total. The van der Waals surface area contributed by atoms with Crippen molar-refractivity contribution in [2.75, 3.05) is 6.54 Å². The lowest BCUT2D eigenvalue weighted by Gasteiger charge is -2.08. The molecule has 0 aliphatic carbocycles. The molecule has 1 aliphatic rings. The van der Waals surface area contributed by atoms with E-state index in [0.29, 0.717) is 28.8 Å². The number of nitro groups is 1. The van der Waals surface area contributed by atoms with Gasteiger partial charge in [-0.3, -0.25) is 29.4 Å². The van der Waals surface area contributed by atoms with Gasteiger partial charge in [-0.15, -0.1) is 0 Å². The van der Waals surface area contributed by atoms with E-state index < -0.39 is 28.5 Å². The summed E-state index contributed by atoms with van der Waals surface area (Å²) in [4.78, 5) is 45.9. The molecule has 0 spiro atoms. The van der Waals surface area contributed by atoms with Crippen molar-refractivity contribution >= 4 is 40.6 Å². The Morgan fingerprint density at radius 2 is 1.92 bits per heavy atom. The second kappa shape index (κ2) is 6.84. The predicted octanol–water partition coefficient (Wildman–Crippen LogP) is 2.38. The van der Waals surface area contributed by atoms with Crippen LogP contribution in [0.1, 0.15) is 5.76 Å². The third-order valence-electron chi connectivity index (χ3n) is 3.45. The van der Waals surface area contributed by atoms with Gasteiger partial charge in [0.05, 0.1) is 9.83 Å². The van der Waals surface area contributed by atoms with E-state index in [0.717, 1.165) is 4.90 Å². The molecule has 1 fully saturated rings. The second-order valence-corrected chi connectivity index (χ2v) is 6.23. The third-order valence-corrected chi connectivity index (χ3v) is 4.36. The zero-order chi connectivity index (χ0) is 18.8. The van der Waals surface area contributed by atoms with Crippen LogP contribution in [0.3, 0.4) is 0 Å². The maximum Gasteiger partial charge on any atom is 0.294 e. The number of non-ortho nitro benzene ring substituents is 1. The first kappa shape index (κ1) is 17.4. The molecule has 1 aliphatic heterocycles. The normalized spacial score (nSPS) is 15.7. The average molecular weight is 373 g/mol. The van der Waals surface area contributed by atoms with Gasteiger partial charge in [0.15, 0.2) is 0 Å². The number of primary amides is 1. The number of nitrogens with two attached hydrogens (primary N) is 1. The Balaban J connectivity index is 1.81. The number of amides is 3. The Labute approximate surface area is 150 Å². The largest absolute Gasteiger partial charge is 0.457 e. The number of carbonyl (C=O) groups is 3. The van der Waals surface area contributed by atoms with Crippen molar-refractivity contribution in [3.05, 3.63) is 57.2 Å². The average Bonchev–Trinajstić information content (AvgIpc) is 3.15. The topological polar surface area (TPSA) is 137 Å². The minimum atomic E-state index is -0.785. The molecule has 0 saturated carbocycles. The first-order valence-corrected chi connectivity index (χ1v) is 8.05. The number of hydrogen-bond acceptors (Lipinski definition) is 7. The smallest absolute Gasteiger partial charge is 0.294 e. The van der Waals surface area contributed by atoms with Crippen LogP contribution >= 0.6 is 11.8 Å². The number of nitrogens with zero attached hydrogens (tertiary/aromatic N) is 2. The monoisotopic (exact) mass is 373 g/mol. The van der Waals surface area contributed by atoms with Crippen LogP contribution in [0.4, 0.5) is 10.5 Å². The molecule has 1 aromatic heterocycles. The number of furan rings is 1. The SMILES string of the molecule is NC(=O)CN1C(=O)S/C(=C\c2ccc(-c3ccc([N+](=O)[O-])cc3)o2)C1=O. The Hall–Kier alpha value is -3.40. The molecule has 3 rings (SSSR count). The lowest BCUT2D eigenvalue weighted by molar-refractivity contribution is -0.384. The highest BCUT2D eigenvalue weighted by atomic mass is 32.2. The van der Waals surface area contributed by atoms with Crippen LogP contribution in [0.15, 0.2) is 45.7 Å². The van der Waals surface area contributed by atoms with Crippen molar-refractivity contribution in [1.29, 1.82) is 0 Å². The van der Waals surface area contributed by atoms with Crippen LogP contribution in [0, 0.1) is 10.1 Å².